The molecule has 0 fully saturated rings. The molecule has 1 aromatic heterocycles. The number of Topliss-reactive ketones (excluding diaryl/α,β-unsaturated/α-hetero) is 2. The molecule has 0 radical (unpaired) electrons. The molecule has 0 unspecified atom stereocenters. The lowest BCUT2D eigenvalue weighted by atomic mass is 10.0. The van der Waals surface area contributed by atoms with Crippen LogP contribution in [0.25, 0.3) is 0 Å². The highest BCUT2D eigenvalue weighted by Crippen LogP contribution is 2.24. The SMILES string of the molecule is COc1cc(OC)cc(C(=O)O[C@H](C)C(=O)c2[nH]c(C)c(C(C)=O)c2C)c1. The number of hydrogen-bond acceptors (Lipinski definition) is 6. The van der Waals surface area contributed by atoms with Crippen molar-refractivity contribution >= 4 is 17.5 Å². The van der Waals surface area contributed by atoms with Gasteiger partial charge in [-0.1, -0.05) is 0 Å². The van der Waals surface area contributed by atoms with Gasteiger partial charge >= 0.3 is 5.97 Å². The van der Waals surface area contributed by atoms with Crippen molar-refractivity contribution in [2.45, 2.75) is 33.8 Å². The fourth-order valence-corrected chi connectivity index (χ4v) is 2.94. The van der Waals surface area contributed by atoms with Crippen molar-refractivity contribution in [2.24, 2.45) is 0 Å². The first-order valence-electron chi connectivity index (χ1n) is 8.38. The van der Waals surface area contributed by atoms with Gasteiger partial charge in [-0.05, 0) is 45.4 Å². The van der Waals surface area contributed by atoms with Crippen molar-refractivity contribution in [1.82, 2.24) is 4.98 Å². The number of carbonyl (C=O) groups excluding carboxylic acids is 3. The molecule has 1 N–H and O–H groups in total. The van der Waals surface area contributed by atoms with Crippen molar-refractivity contribution in [3.63, 3.8) is 0 Å². The third kappa shape index (κ3) is 4.19. The average molecular weight is 373 g/mol. The molecule has 1 heterocycles. The Labute approximate surface area is 157 Å². The van der Waals surface area contributed by atoms with Gasteiger partial charge in [0.1, 0.15) is 11.5 Å². The zero-order valence-corrected chi connectivity index (χ0v) is 16.3. The van der Waals surface area contributed by atoms with E-state index in [-0.39, 0.29) is 17.0 Å². The highest BCUT2D eigenvalue weighted by atomic mass is 16.5. The van der Waals surface area contributed by atoms with Crippen LogP contribution in [0, 0.1) is 13.8 Å². The summed E-state index contributed by atoms with van der Waals surface area (Å²) >= 11 is 0. The molecule has 0 saturated heterocycles. The number of nitrogens with one attached hydrogen (secondary N) is 1. The van der Waals surface area contributed by atoms with E-state index in [9.17, 15) is 14.4 Å². The predicted octanol–water partition coefficient (Wildman–Crippen LogP) is 3.28. The molecule has 1 aromatic carbocycles. The number of carbonyl (C=O) groups is 3. The van der Waals surface area contributed by atoms with E-state index < -0.39 is 17.9 Å². The molecule has 2 rings (SSSR count). The largest absolute Gasteiger partial charge is 0.497 e. The molecule has 144 valence electrons. The van der Waals surface area contributed by atoms with Gasteiger partial charge in [-0.3, -0.25) is 9.59 Å². The van der Waals surface area contributed by atoms with E-state index in [2.05, 4.69) is 4.98 Å². The van der Waals surface area contributed by atoms with Crippen LogP contribution in [0.15, 0.2) is 18.2 Å². The van der Waals surface area contributed by atoms with Crippen LogP contribution in [-0.2, 0) is 4.74 Å². The van der Waals surface area contributed by atoms with E-state index in [1.165, 1.54) is 40.2 Å². The molecule has 1 atom stereocenters. The zero-order chi connectivity index (χ0) is 20.3. The van der Waals surface area contributed by atoms with Crippen molar-refractivity contribution in [2.75, 3.05) is 14.2 Å². The number of aromatic nitrogens is 1. The number of H-pyrrole nitrogens is 1. The summed E-state index contributed by atoms with van der Waals surface area (Å²) in [6.45, 7) is 6.34. The highest BCUT2D eigenvalue weighted by molar-refractivity contribution is 6.05. The summed E-state index contributed by atoms with van der Waals surface area (Å²) in [5.74, 6) is -0.357. The van der Waals surface area contributed by atoms with Gasteiger partial charge in [-0.2, -0.15) is 0 Å². The van der Waals surface area contributed by atoms with E-state index in [4.69, 9.17) is 14.2 Å². The topological polar surface area (TPSA) is 94.7 Å². The number of methoxy groups -OCH3 is 2. The van der Waals surface area contributed by atoms with Gasteiger partial charge < -0.3 is 19.2 Å². The van der Waals surface area contributed by atoms with Gasteiger partial charge in [0.2, 0.25) is 5.78 Å². The summed E-state index contributed by atoms with van der Waals surface area (Å²) in [6.07, 6.45) is -1.04. The Kier molecular flexibility index (Phi) is 6.05. The zero-order valence-electron chi connectivity index (χ0n) is 16.3. The molecule has 0 aliphatic rings. The van der Waals surface area contributed by atoms with Crippen LogP contribution in [0.3, 0.4) is 0 Å². The highest BCUT2D eigenvalue weighted by Gasteiger charge is 2.26. The Morgan fingerprint density at radius 1 is 1.00 bits per heavy atom. The third-order valence-corrected chi connectivity index (χ3v) is 4.28. The van der Waals surface area contributed by atoms with Crippen molar-refractivity contribution in [1.29, 1.82) is 0 Å². The van der Waals surface area contributed by atoms with Crippen LogP contribution in [0.5, 0.6) is 11.5 Å². The maximum Gasteiger partial charge on any atom is 0.339 e. The molecule has 0 aliphatic heterocycles. The molecule has 0 aliphatic carbocycles. The van der Waals surface area contributed by atoms with Gasteiger partial charge in [0.05, 0.1) is 25.5 Å². The number of ether oxygens (including phenoxy) is 3. The molecule has 7 nitrogen and oxygen atoms in total. The number of esters is 1. The van der Waals surface area contributed by atoms with Gasteiger partial charge in [0.15, 0.2) is 11.9 Å². The molecule has 0 spiro atoms. The van der Waals surface area contributed by atoms with Gasteiger partial charge in [-0.25, -0.2) is 4.79 Å². The molecule has 0 bridgehead atoms. The van der Waals surface area contributed by atoms with Crippen LogP contribution in [0.4, 0.5) is 0 Å². The Bertz CT molecular complexity index is 874. The minimum Gasteiger partial charge on any atom is -0.497 e. The Hall–Kier alpha value is -3.09. The van der Waals surface area contributed by atoms with Crippen molar-refractivity contribution in [3.05, 3.63) is 46.3 Å². The smallest absolute Gasteiger partial charge is 0.339 e. The van der Waals surface area contributed by atoms with Gasteiger partial charge in [0, 0.05) is 17.3 Å². The lowest BCUT2D eigenvalue weighted by Gasteiger charge is -2.13. The number of aryl methyl sites for hydroxylation is 1. The van der Waals surface area contributed by atoms with E-state index in [0.29, 0.717) is 28.3 Å². The Balaban J connectivity index is 2.23. The second-order valence-corrected chi connectivity index (χ2v) is 6.19. The lowest BCUT2D eigenvalue weighted by Crippen LogP contribution is -2.25. The third-order valence-electron chi connectivity index (χ3n) is 4.28. The second-order valence-electron chi connectivity index (χ2n) is 6.19. The number of aromatic amines is 1. The molecular formula is C20H23NO6. The monoisotopic (exact) mass is 373 g/mol. The summed E-state index contributed by atoms with van der Waals surface area (Å²) in [5, 5.41) is 0. The summed E-state index contributed by atoms with van der Waals surface area (Å²) in [5.41, 5.74) is 2.11. The van der Waals surface area contributed by atoms with Crippen LogP contribution < -0.4 is 9.47 Å². The molecular weight excluding hydrogens is 350 g/mol. The summed E-state index contributed by atoms with van der Waals surface area (Å²) in [7, 11) is 2.94. The summed E-state index contributed by atoms with van der Waals surface area (Å²) in [6, 6.07) is 4.62. The standard InChI is InChI=1S/C20H23NO6/c1-10-17(12(3)22)11(2)21-18(10)19(23)13(4)27-20(24)14-7-15(25-5)9-16(8-14)26-6/h7-9,13,21H,1-6H3/t13-/m1/s1. The Morgan fingerprint density at radius 3 is 2.00 bits per heavy atom. The number of ketones is 2. The molecule has 0 amide bonds. The molecule has 27 heavy (non-hydrogen) atoms. The maximum atomic E-state index is 12.7. The van der Waals surface area contributed by atoms with E-state index in [1.807, 2.05) is 0 Å². The van der Waals surface area contributed by atoms with Crippen LogP contribution >= 0.6 is 0 Å². The van der Waals surface area contributed by atoms with Crippen molar-refractivity contribution < 1.29 is 28.6 Å². The number of benzene rings is 1. The molecule has 0 saturated carbocycles. The van der Waals surface area contributed by atoms with E-state index >= 15 is 0 Å². The van der Waals surface area contributed by atoms with Crippen molar-refractivity contribution in [3.8, 4) is 11.5 Å². The molecule has 2 aromatic rings. The first-order chi connectivity index (χ1) is 12.7. The summed E-state index contributed by atoms with van der Waals surface area (Å²) in [4.78, 5) is 39.8. The minimum atomic E-state index is -1.04. The predicted molar refractivity (Wildman–Crippen MR) is 99.0 cm³/mol. The van der Waals surface area contributed by atoms with Crippen LogP contribution in [0.1, 0.15) is 56.3 Å². The minimum absolute atomic E-state index is 0.131. The number of hydrogen-bond donors (Lipinski definition) is 1. The summed E-state index contributed by atoms with van der Waals surface area (Å²) < 4.78 is 15.6. The quantitative estimate of drug-likeness (QED) is 0.591. The normalized spacial score (nSPS) is 11.6. The fraction of sp³-hybridized carbons (Fsp3) is 0.350. The van der Waals surface area contributed by atoms with Crippen LogP contribution in [0.2, 0.25) is 0 Å². The maximum absolute atomic E-state index is 12.7. The molecule has 7 heteroatoms. The van der Waals surface area contributed by atoms with E-state index in [1.54, 1.807) is 19.9 Å². The lowest BCUT2D eigenvalue weighted by molar-refractivity contribution is 0.0316. The number of rotatable bonds is 7. The second kappa shape index (κ2) is 8.07. The Morgan fingerprint density at radius 2 is 1.56 bits per heavy atom. The first-order valence-corrected chi connectivity index (χ1v) is 8.38. The van der Waals surface area contributed by atoms with Gasteiger partial charge in [0.25, 0.3) is 0 Å². The fourth-order valence-electron chi connectivity index (χ4n) is 2.94. The van der Waals surface area contributed by atoms with Crippen LogP contribution in [-0.4, -0.2) is 42.8 Å². The van der Waals surface area contributed by atoms with Gasteiger partial charge in [-0.15, -0.1) is 0 Å². The first kappa shape index (κ1) is 20.2. The average Bonchev–Trinajstić information content (AvgIpc) is 2.94. The van der Waals surface area contributed by atoms with E-state index in [0.717, 1.165) is 0 Å².